The van der Waals surface area contributed by atoms with Crippen molar-refractivity contribution in [1.82, 2.24) is 4.90 Å². The van der Waals surface area contributed by atoms with Gasteiger partial charge in [-0.3, -0.25) is 24.6 Å². The highest BCUT2D eigenvalue weighted by atomic mass is 32.2. The highest BCUT2D eigenvalue weighted by molar-refractivity contribution is 8.18. The van der Waals surface area contributed by atoms with Gasteiger partial charge in [0.1, 0.15) is 0 Å². The van der Waals surface area contributed by atoms with Gasteiger partial charge in [-0.25, -0.2) is 0 Å². The molecule has 0 aromatic heterocycles. The van der Waals surface area contributed by atoms with E-state index >= 15 is 0 Å². The van der Waals surface area contributed by atoms with Crippen LogP contribution in [0.1, 0.15) is 5.56 Å². The lowest BCUT2D eigenvalue weighted by Gasteiger charge is -2.07. The van der Waals surface area contributed by atoms with Gasteiger partial charge in [-0.2, -0.15) is 0 Å². The number of methoxy groups -OCH3 is 1. The summed E-state index contributed by atoms with van der Waals surface area (Å²) in [7, 11) is 1.34. The smallest absolute Gasteiger partial charge is 0.311 e. The van der Waals surface area contributed by atoms with E-state index in [1.165, 1.54) is 31.4 Å². The Bertz CT molecular complexity index is 698. The van der Waals surface area contributed by atoms with Crippen LogP contribution in [0.4, 0.5) is 10.5 Å². The summed E-state index contributed by atoms with van der Waals surface area (Å²) in [6, 6.07) is 4.31. The van der Waals surface area contributed by atoms with Crippen LogP contribution in [-0.4, -0.2) is 34.6 Å². The van der Waals surface area contributed by atoms with Gasteiger partial charge in [0.15, 0.2) is 5.75 Å². The number of benzene rings is 1. The first kappa shape index (κ1) is 15.8. The highest BCUT2D eigenvalue weighted by Gasteiger charge is 2.34. The summed E-state index contributed by atoms with van der Waals surface area (Å²) >= 11 is 0.790. The van der Waals surface area contributed by atoms with Crippen LogP contribution in [0.15, 0.2) is 35.8 Å². The van der Waals surface area contributed by atoms with Crippen molar-refractivity contribution in [2.75, 3.05) is 13.7 Å². The number of carbonyl (C=O) groups is 2. The Kier molecular flexibility index (Phi) is 4.62. The largest absolute Gasteiger partial charge is 0.490 e. The van der Waals surface area contributed by atoms with Gasteiger partial charge in [0.2, 0.25) is 0 Å². The molecule has 114 valence electrons. The number of hydrogen-bond acceptors (Lipinski definition) is 6. The summed E-state index contributed by atoms with van der Waals surface area (Å²) in [4.78, 5) is 35.4. The summed E-state index contributed by atoms with van der Waals surface area (Å²) in [5, 5.41) is 10.6. The molecular formula is C14H12N2O5S. The lowest BCUT2D eigenvalue weighted by Crippen LogP contribution is -2.27. The van der Waals surface area contributed by atoms with Crippen LogP contribution < -0.4 is 4.74 Å². The second-order valence-electron chi connectivity index (χ2n) is 4.27. The Morgan fingerprint density at radius 3 is 2.77 bits per heavy atom. The Morgan fingerprint density at radius 1 is 1.45 bits per heavy atom. The molecule has 0 atom stereocenters. The van der Waals surface area contributed by atoms with Gasteiger partial charge >= 0.3 is 5.69 Å². The Hall–Kier alpha value is -2.61. The van der Waals surface area contributed by atoms with E-state index in [1.54, 1.807) is 6.07 Å². The molecule has 1 heterocycles. The number of ether oxygens (including phenoxy) is 1. The molecule has 0 saturated carbocycles. The van der Waals surface area contributed by atoms with Crippen molar-refractivity contribution in [2.24, 2.45) is 0 Å². The maximum atomic E-state index is 12.1. The van der Waals surface area contributed by atoms with E-state index in [0.29, 0.717) is 5.56 Å². The van der Waals surface area contributed by atoms with Crippen molar-refractivity contribution in [3.63, 3.8) is 0 Å². The van der Waals surface area contributed by atoms with Gasteiger partial charge in [0.05, 0.1) is 16.9 Å². The lowest BCUT2D eigenvalue weighted by atomic mass is 10.1. The number of hydrogen-bond donors (Lipinski definition) is 0. The van der Waals surface area contributed by atoms with Gasteiger partial charge in [0.25, 0.3) is 11.1 Å². The monoisotopic (exact) mass is 320 g/mol. The summed E-state index contributed by atoms with van der Waals surface area (Å²) in [5.41, 5.74) is 0.234. The third-order valence-corrected chi connectivity index (χ3v) is 3.79. The average Bonchev–Trinajstić information content (AvgIpc) is 2.75. The number of nitro groups is 1. The van der Waals surface area contributed by atoms with E-state index in [9.17, 15) is 19.7 Å². The Labute approximate surface area is 130 Å². The number of nitrogens with zero attached hydrogens (tertiary/aromatic N) is 2. The van der Waals surface area contributed by atoms with Crippen molar-refractivity contribution in [2.45, 2.75) is 0 Å². The van der Waals surface area contributed by atoms with Gasteiger partial charge in [-0.1, -0.05) is 12.1 Å². The zero-order valence-electron chi connectivity index (χ0n) is 11.6. The number of imide groups is 1. The SMILES string of the molecule is C=CCN1C(=O)SC(=Cc2ccc(OC)c([N+](=O)[O-])c2)C1=O. The predicted molar refractivity (Wildman–Crippen MR) is 82.5 cm³/mol. The Morgan fingerprint density at radius 2 is 2.18 bits per heavy atom. The van der Waals surface area contributed by atoms with Crippen LogP contribution >= 0.6 is 11.8 Å². The molecular weight excluding hydrogens is 308 g/mol. The summed E-state index contributed by atoms with van der Waals surface area (Å²) in [6.07, 6.45) is 2.90. The third kappa shape index (κ3) is 3.01. The predicted octanol–water partition coefficient (Wildman–Crippen LogP) is 2.83. The molecule has 0 aliphatic carbocycles. The van der Waals surface area contributed by atoms with E-state index in [2.05, 4.69) is 6.58 Å². The van der Waals surface area contributed by atoms with Crippen LogP contribution in [0.5, 0.6) is 5.75 Å². The van der Waals surface area contributed by atoms with Gasteiger partial charge in [0, 0.05) is 12.6 Å². The van der Waals surface area contributed by atoms with Crippen molar-refractivity contribution >= 4 is 34.7 Å². The van der Waals surface area contributed by atoms with Crippen molar-refractivity contribution < 1.29 is 19.2 Å². The van der Waals surface area contributed by atoms with Crippen LogP contribution in [0.3, 0.4) is 0 Å². The van der Waals surface area contributed by atoms with Crippen LogP contribution in [0.25, 0.3) is 6.08 Å². The van der Waals surface area contributed by atoms with Gasteiger partial charge in [-0.05, 0) is 29.5 Å². The number of rotatable bonds is 5. The molecule has 1 aliphatic heterocycles. The molecule has 0 bridgehead atoms. The molecule has 2 amide bonds. The lowest BCUT2D eigenvalue weighted by molar-refractivity contribution is -0.385. The molecule has 0 N–H and O–H groups in total. The maximum absolute atomic E-state index is 12.1. The summed E-state index contributed by atoms with van der Waals surface area (Å²) < 4.78 is 4.91. The molecule has 1 aromatic rings. The van der Waals surface area contributed by atoms with Crippen LogP contribution in [0, 0.1) is 10.1 Å². The zero-order chi connectivity index (χ0) is 16.3. The van der Waals surface area contributed by atoms with Crippen LogP contribution in [-0.2, 0) is 4.79 Å². The van der Waals surface area contributed by atoms with E-state index in [4.69, 9.17) is 4.74 Å². The summed E-state index contributed by atoms with van der Waals surface area (Å²) in [5.74, 6) is -0.310. The minimum absolute atomic E-state index is 0.127. The average molecular weight is 320 g/mol. The maximum Gasteiger partial charge on any atom is 0.311 e. The van der Waals surface area contributed by atoms with E-state index < -0.39 is 10.8 Å². The van der Waals surface area contributed by atoms with Crippen molar-refractivity contribution in [1.29, 1.82) is 0 Å². The van der Waals surface area contributed by atoms with Crippen molar-refractivity contribution in [3.8, 4) is 5.75 Å². The first-order chi connectivity index (χ1) is 10.5. The molecule has 1 fully saturated rings. The van der Waals surface area contributed by atoms with E-state index in [0.717, 1.165) is 16.7 Å². The normalized spacial score (nSPS) is 16.2. The molecule has 1 aromatic carbocycles. The molecule has 22 heavy (non-hydrogen) atoms. The molecule has 0 radical (unpaired) electrons. The fourth-order valence-corrected chi connectivity index (χ4v) is 2.73. The Balaban J connectivity index is 2.36. The zero-order valence-corrected chi connectivity index (χ0v) is 12.5. The topological polar surface area (TPSA) is 89.8 Å². The second-order valence-corrected chi connectivity index (χ2v) is 5.26. The fourth-order valence-electron chi connectivity index (χ4n) is 1.88. The fraction of sp³-hybridized carbons (Fsp3) is 0.143. The second kappa shape index (κ2) is 6.44. The number of nitro benzene ring substituents is 1. The quantitative estimate of drug-likeness (QED) is 0.359. The van der Waals surface area contributed by atoms with Gasteiger partial charge < -0.3 is 4.74 Å². The van der Waals surface area contributed by atoms with Gasteiger partial charge in [-0.15, -0.1) is 6.58 Å². The molecule has 0 unspecified atom stereocenters. The highest BCUT2D eigenvalue weighted by Crippen LogP contribution is 2.34. The summed E-state index contributed by atoms with van der Waals surface area (Å²) in [6.45, 7) is 3.62. The van der Waals surface area contributed by atoms with E-state index in [-0.39, 0.29) is 28.1 Å². The molecule has 8 heteroatoms. The van der Waals surface area contributed by atoms with Crippen LogP contribution in [0.2, 0.25) is 0 Å². The van der Waals surface area contributed by atoms with E-state index in [1.807, 2.05) is 0 Å². The first-order valence-corrected chi connectivity index (χ1v) is 6.98. The van der Waals surface area contributed by atoms with Crippen molar-refractivity contribution in [3.05, 3.63) is 51.4 Å². The molecule has 2 rings (SSSR count). The molecule has 7 nitrogen and oxygen atoms in total. The molecule has 1 aliphatic rings. The third-order valence-electron chi connectivity index (χ3n) is 2.88. The molecule has 1 saturated heterocycles. The first-order valence-electron chi connectivity index (χ1n) is 6.16. The number of carbonyl (C=O) groups excluding carboxylic acids is 2. The minimum Gasteiger partial charge on any atom is -0.490 e. The number of amides is 2. The standard InChI is InChI=1S/C14H12N2O5S/c1-3-6-15-13(17)12(22-14(15)18)8-9-4-5-11(21-2)10(7-9)16(19)20/h3-5,7-8H,1,6H2,2H3. The minimum atomic E-state index is -0.570. The molecule has 0 spiro atoms. The number of thioether (sulfide) groups is 1.